The van der Waals surface area contributed by atoms with Crippen LogP contribution in [0.25, 0.3) is 0 Å². The molecule has 0 aliphatic heterocycles. The van der Waals surface area contributed by atoms with E-state index in [0.29, 0.717) is 5.56 Å². The van der Waals surface area contributed by atoms with Gasteiger partial charge in [0.2, 0.25) is 7.37 Å². The number of nitrogens with two attached hydrogens (primary N) is 1. The van der Waals surface area contributed by atoms with Gasteiger partial charge >= 0.3 is 0 Å². The largest absolute Gasteiger partial charge is 0.386 e. The van der Waals surface area contributed by atoms with Crippen molar-refractivity contribution < 1.29 is 14.6 Å². The molecule has 5 heteroatoms. The van der Waals surface area contributed by atoms with Crippen LogP contribution >= 0.6 is 7.37 Å². The highest BCUT2D eigenvalue weighted by Crippen LogP contribution is 2.51. The summed E-state index contributed by atoms with van der Waals surface area (Å²) in [6.07, 6.45) is -0.789. The molecule has 2 atom stereocenters. The summed E-state index contributed by atoms with van der Waals surface area (Å²) in [6, 6.07) is 8.56. The second-order valence-corrected chi connectivity index (χ2v) is 5.10. The summed E-state index contributed by atoms with van der Waals surface area (Å²) in [5, 5.41) is 8.63. The van der Waals surface area contributed by atoms with E-state index in [1.165, 1.54) is 0 Å². The lowest BCUT2D eigenvalue weighted by atomic mass is 10.2. The number of benzene rings is 1. The zero-order chi connectivity index (χ0) is 9.90. The van der Waals surface area contributed by atoms with Gasteiger partial charge in [0.05, 0.1) is 0 Å². The third-order valence-electron chi connectivity index (χ3n) is 1.78. The Morgan fingerprint density at radius 3 is 2.38 bits per heavy atom. The van der Waals surface area contributed by atoms with Crippen LogP contribution in [0.1, 0.15) is 11.3 Å². The molecule has 0 aromatic heterocycles. The fourth-order valence-electron chi connectivity index (χ4n) is 0.971. The van der Waals surface area contributed by atoms with E-state index in [0.717, 1.165) is 0 Å². The number of rotatable bonds is 3. The Morgan fingerprint density at radius 2 is 1.92 bits per heavy atom. The SMILES string of the molecule is N[C@H](c1ccccc1)P(=O)(O)CO. The quantitative estimate of drug-likeness (QED) is 0.633. The van der Waals surface area contributed by atoms with Crippen molar-refractivity contribution in [3.8, 4) is 0 Å². The van der Waals surface area contributed by atoms with E-state index in [1.807, 2.05) is 0 Å². The van der Waals surface area contributed by atoms with Crippen LogP contribution in [-0.2, 0) is 4.57 Å². The van der Waals surface area contributed by atoms with Crippen LogP contribution in [0.4, 0.5) is 0 Å². The predicted octanol–water partition coefficient (Wildman–Crippen LogP) is 0.864. The maximum atomic E-state index is 11.3. The number of aliphatic hydroxyl groups is 1. The maximum Gasteiger partial charge on any atom is 0.245 e. The minimum atomic E-state index is -3.65. The first kappa shape index (κ1) is 10.4. The van der Waals surface area contributed by atoms with Gasteiger partial charge in [-0.2, -0.15) is 0 Å². The van der Waals surface area contributed by atoms with Gasteiger partial charge in [-0.25, -0.2) is 0 Å². The molecule has 1 aromatic carbocycles. The molecule has 0 amide bonds. The van der Waals surface area contributed by atoms with Crippen molar-refractivity contribution in [2.75, 3.05) is 6.35 Å². The van der Waals surface area contributed by atoms with Crippen molar-refractivity contribution >= 4 is 7.37 Å². The van der Waals surface area contributed by atoms with Crippen LogP contribution in [0.2, 0.25) is 0 Å². The highest BCUT2D eigenvalue weighted by atomic mass is 31.2. The molecule has 72 valence electrons. The summed E-state index contributed by atoms with van der Waals surface area (Å²) >= 11 is 0. The van der Waals surface area contributed by atoms with Crippen molar-refractivity contribution in [1.29, 1.82) is 0 Å². The van der Waals surface area contributed by atoms with Crippen LogP contribution in [-0.4, -0.2) is 16.3 Å². The lowest BCUT2D eigenvalue weighted by Gasteiger charge is -2.16. The third kappa shape index (κ3) is 2.39. The maximum absolute atomic E-state index is 11.3. The van der Waals surface area contributed by atoms with Crippen molar-refractivity contribution in [2.45, 2.75) is 5.78 Å². The first-order valence-electron chi connectivity index (χ1n) is 3.81. The highest BCUT2D eigenvalue weighted by molar-refractivity contribution is 7.58. The number of hydrogen-bond donors (Lipinski definition) is 3. The van der Waals surface area contributed by atoms with Crippen molar-refractivity contribution in [3.63, 3.8) is 0 Å². The molecule has 0 aliphatic carbocycles. The Kier molecular flexibility index (Phi) is 3.22. The number of aliphatic hydroxyl groups excluding tert-OH is 1. The molecular formula is C8H12NO3P. The van der Waals surface area contributed by atoms with E-state index in [4.69, 9.17) is 10.8 Å². The molecule has 0 fully saturated rings. The number of hydrogen-bond acceptors (Lipinski definition) is 3. The van der Waals surface area contributed by atoms with Gasteiger partial charge in [-0.15, -0.1) is 0 Å². The zero-order valence-electron chi connectivity index (χ0n) is 7.00. The zero-order valence-corrected chi connectivity index (χ0v) is 7.89. The molecule has 4 nitrogen and oxygen atoms in total. The van der Waals surface area contributed by atoms with Gasteiger partial charge in [0.1, 0.15) is 12.1 Å². The molecule has 13 heavy (non-hydrogen) atoms. The molecule has 1 rings (SSSR count). The van der Waals surface area contributed by atoms with Crippen molar-refractivity contribution in [1.82, 2.24) is 0 Å². The molecule has 4 N–H and O–H groups in total. The summed E-state index contributed by atoms with van der Waals surface area (Å²) in [5.74, 6) is -1.00. The second-order valence-electron chi connectivity index (χ2n) is 2.75. The first-order chi connectivity index (χ1) is 6.08. The molecule has 1 aromatic rings. The van der Waals surface area contributed by atoms with Gasteiger partial charge in [0.25, 0.3) is 0 Å². The Bertz CT molecular complexity index is 314. The monoisotopic (exact) mass is 201 g/mol. The van der Waals surface area contributed by atoms with Crippen LogP contribution in [0.3, 0.4) is 0 Å². The normalized spacial score (nSPS) is 17.8. The Morgan fingerprint density at radius 1 is 1.38 bits per heavy atom. The average molecular weight is 201 g/mol. The first-order valence-corrected chi connectivity index (χ1v) is 5.72. The second kappa shape index (κ2) is 4.03. The smallest absolute Gasteiger partial charge is 0.245 e. The minimum Gasteiger partial charge on any atom is -0.386 e. The molecule has 0 aliphatic rings. The summed E-state index contributed by atoms with van der Waals surface area (Å²) in [6.45, 7) is 0. The van der Waals surface area contributed by atoms with Crippen LogP contribution in [0.5, 0.6) is 0 Å². The van der Waals surface area contributed by atoms with E-state index in [1.54, 1.807) is 30.3 Å². The minimum absolute atomic E-state index is 0.558. The van der Waals surface area contributed by atoms with Gasteiger partial charge in [0.15, 0.2) is 0 Å². The molecule has 0 spiro atoms. The molecule has 0 bridgehead atoms. The average Bonchev–Trinajstić information content (AvgIpc) is 2.18. The van der Waals surface area contributed by atoms with Crippen molar-refractivity contribution in [2.24, 2.45) is 5.73 Å². The summed E-state index contributed by atoms with van der Waals surface area (Å²) in [7, 11) is -3.65. The third-order valence-corrected chi connectivity index (χ3v) is 3.35. The van der Waals surface area contributed by atoms with Crippen LogP contribution in [0.15, 0.2) is 30.3 Å². The van der Waals surface area contributed by atoms with Gasteiger partial charge in [-0.1, -0.05) is 30.3 Å². The van der Waals surface area contributed by atoms with Crippen LogP contribution < -0.4 is 5.73 Å². The molecule has 0 saturated heterocycles. The summed E-state index contributed by atoms with van der Waals surface area (Å²) in [4.78, 5) is 9.23. The van der Waals surface area contributed by atoms with E-state index in [9.17, 15) is 9.46 Å². The fourth-order valence-corrected chi connectivity index (χ4v) is 1.79. The molecular weight excluding hydrogens is 189 g/mol. The fraction of sp³-hybridized carbons (Fsp3) is 0.250. The van der Waals surface area contributed by atoms with Crippen LogP contribution in [0, 0.1) is 0 Å². The van der Waals surface area contributed by atoms with Gasteiger partial charge in [-0.05, 0) is 5.56 Å². The van der Waals surface area contributed by atoms with E-state index >= 15 is 0 Å². The van der Waals surface area contributed by atoms with Gasteiger partial charge in [-0.3, -0.25) is 4.57 Å². The Balaban J connectivity index is 2.92. The van der Waals surface area contributed by atoms with Crippen molar-refractivity contribution in [3.05, 3.63) is 35.9 Å². The molecule has 0 heterocycles. The molecule has 0 radical (unpaired) electrons. The molecule has 0 saturated carbocycles. The lowest BCUT2D eigenvalue weighted by Crippen LogP contribution is -2.12. The molecule has 1 unspecified atom stereocenters. The standard InChI is InChI=1S/C8H12NO3P/c9-8(13(11,12)6-10)7-4-2-1-3-5-7/h1-5,8,10H,6,9H2,(H,11,12)/t8-/m0/s1. The van der Waals surface area contributed by atoms with E-state index < -0.39 is 19.5 Å². The Hall–Kier alpha value is -0.670. The van der Waals surface area contributed by atoms with Gasteiger partial charge < -0.3 is 15.7 Å². The Labute approximate surface area is 76.5 Å². The summed E-state index contributed by atoms with van der Waals surface area (Å²) < 4.78 is 11.3. The van der Waals surface area contributed by atoms with E-state index in [-0.39, 0.29) is 0 Å². The van der Waals surface area contributed by atoms with E-state index in [2.05, 4.69) is 0 Å². The topological polar surface area (TPSA) is 83.6 Å². The van der Waals surface area contributed by atoms with Gasteiger partial charge in [0, 0.05) is 0 Å². The highest BCUT2D eigenvalue weighted by Gasteiger charge is 2.27. The lowest BCUT2D eigenvalue weighted by molar-refractivity contribution is 0.328. The predicted molar refractivity (Wildman–Crippen MR) is 50.3 cm³/mol. The summed E-state index contributed by atoms with van der Waals surface area (Å²) in [5.41, 5.74) is 6.07.